The zero-order valence-corrected chi connectivity index (χ0v) is 16.5. The van der Waals surface area contributed by atoms with Gasteiger partial charge in [0.2, 0.25) is 0 Å². The molecule has 1 aliphatic carbocycles. The van der Waals surface area contributed by atoms with Crippen LogP contribution in [0.15, 0.2) is 12.1 Å². The second-order valence-electron chi connectivity index (χ2n) is 6.41. The van der Waals surface area contributed by atoms with Crippen LogP contribution in [0.1, 0.15) is 25.9 Å². The first-order valence-corrected chi connectivity index (χ1v) is 9.34. The van der Waals surface area contributed by atoms with Gasteiger partial charge in [-0.25, -0.2) is 0 Å². The third kappa shape index (κ3) is 3.28. The number of carbonyl (C=O) groups is 2. The molecule has 132 valence electrons. The second kappa shape index (κ2) is 7.14. The number of nitrogens with one attached hydrogen (secondary N) is 2. The number of carboxylic acids is 1. The molecule has 10 heteroatoms. The van der Waals surface area contributed by atoms with E-state index in [4.69, 9.17) is 23.2 Å². The monoisotopic (exact) mass is 405 g/mol. The van der Waals surface area contributed by atoms with Gasteiger partial charge < -0.3 is 25.1 Å². The number of nitrogens with zero attached hydrogens (tertiary/aromatic N) is 1. The Morgan fingerprint density at radius 3 is 2.42 bits per heavy atom. The Labute approximate surface area is 176 Å². The number of carboxylic acid groups (broad SMARTS) is 1. The van der Waals surface area contributed by atoms with Gasteiger partial charge in [0.05, 0.1) is 25.9 Å². The summed E-state index contributed by atoms with van der Waals surface area (Å²) in [4.78, 5) is 28.5. The fraction of sp³-hybridized carbons (Fsp3) is 0.375. The Kier molecular flexibility index (Phi) is 5.40. The van der Waals surface area contributed by atoms with E-state index in [2.05, 4.69) is 15.2 Å². The number of amides is 1. The number of rotatable bonds is 4. The van der Waals surface area contributed by atoms with E-state index in [-0.39, 0.29) is 40.7 Å². The number of carbonyl (C=O) groups excluding carboxylic acids is 2. The van der Waals surface area contributed by atoms with Gasteiger partial charge in [-0.1, -0.05) is 23.2 Å². The van der Waals surface area contributed by atoms with E-state index < -0.39 is 5.97 Å². The third-order valence-corrected chi connectivity index (χ3v) is 6.95. The van der Waals surface area contributed by atoms with Crippen LogP contribution in [-0.2, 0) is 0 Å². The van der Waals surface area contributed by atoms with Crippen molar-refractivity contribution in [3.63, 3.8) is 0 Å². The molecule has 2 aliphatic rings. The van der Waals surface area contributed by atoms with Crippen LogP contribution >= 0.6 is 34.5 Å². The van der Waals surface area contributed by atoms with Crippen LogP contribution in [0.2, 0.25) is 10.0 Å². The molecule has 0 aromatic carbocycles. The molecule has 6 nitrogen and oxygen atoms in total. The Balaban J connectivity index is 0.00000196. The first-order valence-electron chi connectivity index (χ1n) is 7.77. The van der Waals surface area contributed by atoms with E-state index in [9.17, 15) is 14.7 Å². The molecule has 4 rings (SSSR count). The van der Waals surface area contributed by atoms with E-state index in [1.165, 1.54) is 11.3 Å². The van der Waals surface area contributed by atoms with Crippen molar-refractivity contribution in [3.05, 3.63) is 38.4 Å². The van der Waals surface area contributed by atoms with Crippen LogP contribution in [0, 0.1) is 18.8 Å². The SMILES string of the molecule is Cc1[nH]c(C(=O)NC2[C@H]3CN(c4ccc(C(=O)[O-])s4)C[C@@H]23)c(Cl)c1Cl.[Li+]. The average Bonchev–Trinajstić information content (AvgIpc) is 3.02. The fourth-order valence-corrected chi connectivity index (χ4v) is 4.75. The summed E-state index contributed by atoms with van der Waals surface area (Å²) in [7, 11) is 0. The molecule has 0 radical (unpaired) electrons. The molecule has 26 heavy (non-hydrogen) atoms. The molecule has 1 aliphatic heterocycles. The predicted octanol–water partition coefficient (Wildman–Crippen LogP) is -1.08. The van der Waals surface area contributed by atoms with E-state index in [0.717, 1.165) is 18.1 Å². The summed E-state index contributed by atoms with van der Waals surface area (Å²) in [6, 6.07) is 3.48. The summed E-state index contributed by atoms with van der Waals surface area (Å²) >= 11 is 13.3. The predicted molar refractivity (Wildman–Crippen MR) is 94.6 cm³/mol. The minimum absolute atomic E-state index is 0. The zero-order valence-electron chi connectivity index (χ0n) is 14.1. The average molecular weight is 406 g/mol. The molecule has 3 atom stereocenters. The summed E-state index contributed by atoms with van der Waals surface area (Å²) < 4.78 is 0. The molecule has 0 spiro atoms. The number of aromatic amines is 1. The summed E-state index contributed by atoms with van der Waals surface area (Å²) in [5.74, 6) is -0.672. The zero-order chi connectivity index (χ0) is 17.9. The molecule has 1 saturated heterocycles. The number of aromatic carboxylic acids is 1. The number of fused-ring (bicyclic) bond motifs is 1. The van der Waals surface area contributed by atoms with Crippen molar-refractivity contribution in [1.29, 1.82) is 0 Å². The number of aryl methyl sites for hydroxylation is 1. The van der Waals surface area contributed by atoms with Crippen LogP contribution in [0.25, 0.3) is 0 Å². The van der Waals surface area contributed by atoms with Gasteiger partial charge in [-0.3, -0.25) is 4.79 Å². The van der Waals surface area contributed by atoms with Gasteiger partial charge in [-0.05, 0) is 19.1 Å². The minimum Gasteiger partial charge on any atom is -0.544 e. The van der Waals surface area contributed by atoms with Crippen LogP contribution < -0.4 is 34.2 Å². The van der Waals surface area contributed by atoms with Crippen molar-refractivity contribution in [2.24, 2.45) is 11.8 Å². The molecule has 0 bridgehead atoms. The maximum Gasteiger partial charge on any atom is 1.00 e. The van der Waals surface area contributed by atoms with Crippen molar-refractivity contribution < 1.29 is 33.6 Å². The van der Waals surface area contributed by atoms with Gasteiger partial charge in [0.15, 0.2) is 0 Å². The quantitative estimate of drug-likeness (QED) is 0.633. The van der Waals surface area contributed by atoms with Crippen molar-refractivity contribution >= 4 is 51.4 Å². The minimum atomic E-state index is -1.15. The number of aromatic nitrogens is 1. The standard InChI is InChI=1S/C16H15Cl2N3O3S.Li/c1-6-11(17)12(18)14(19-6)15(22)20-13-7-4-21(5-8(7)13)10-3-2-9(25-10)16(23)24;/h2-3,7-8,13,19H,4-5H2,1H3,(H,20,22)(H,23,24);/q;+1/p-1/t7-,8+,13?;. The number of thiophene rings is 1. The number of anilines is 1. The van der Waals surface area contributed by atoms with E-state index >= 15 is 0 Å². The normalized spacial score (nSPS) is 23.3. The largest absolute Gasteiger partial charge is 1.00 e. The van der Waals surface area contributed by atoms with Crippen molar-refractivity contribution in [3.8, 4) is 0 Å². The molecule has 2 N–H and O–H groups in total. The Morgan fingerprint density at radius 2 is 1.92 bits per heavy atom. The van der Waals surface area contributed by atoms with Gasteiger partial charge in [0.25, 0.3) is 5.91 Å². The van der Waals surface area contributed by atoms with Gasteiger partial charge in [-0.2, -0.15) is 0 Å². The smallest absolute Gasteiger partial charge is 0.544 e. The van der Waals surface area contributed by atoms with Crippen molar-refractivity contribution in [1.82, 2.24) is 10.3 Å². The number of hydrogen-bond donors (Lipinski definition) is 2. The molecule has 1 unspecified atom stereocenters. The van der Waals surface area contributed by atoms with Crippen molar-refractivity contribution in [2.45, 2.75) is 13.0 Å². The van der Waals surface area contributed by atoms with E-state index in [1.807, 2.05) is 0 Å². The first kappa shape index (κ1) is 19.7. The summed E-state index contributed by atoms with van der Waals surface area (Å²) in [6.45, 7) is 3.35. The summed E-state index contributed by atoms with van der Waals surface area (Å²) in [5.41, 5.74) is 0.961. The maximum absolute atomic E-state index is 12.4. The molecule has 3 heterocycles. The molecular formula is C16H14Cl2LiN3O3S. The van der Waals surface area contributed by atoms with Crippen LogP contribution in [0.5, 0.6) is 0 Å². The fourth-order valence-electron chi connectivity index (χ4n) is 3.48. The van der Waals surface area contributed by atoms with E-state index in [0.29, 0.717) is 28.2 Å². The number of halogens is 2. The van der Waals surface area contributed by atoms with Crippen LogP contribution in [-0.4, -0.2) is 36.0 Å². The Morgan fingerprint density at radius 1 is 1.27 bits per heavy atom. The molecule has 2 aromatic heterocycles. The van der Waals surface area contributed by atoms with Gasteiger partial charge in [0, 0.05) is 36.7 Å². The van der Waals surface area contributed by atoms with E-state index in [1.54, 1.807) is 19.1 Å². The van der Waals surface area contributed by atoms with Gasteiger partial charge >= 0.3 is 18.9 Å². The van der Waals surface area contributed by atoms with Crippen LogP contribution in [0.4, 0.5) is 5.00 Å². The van der Waals surface area contributed by atoms with Gasteiger partial charge in [-0.15, -0.1) is 11.3 Å². The Bertz CT molecular complexity index is 872. The second-order valence-corrected chi connectivity index (χ2v) is 8.23. The maximum atomic E-state index is 12.4. The third-order valence-electron chi connectivity index (χ3n) is 4.88. The first-order chi connectivity index (χ1) is 11.9. The number of piperidine rings is 1. The number of H-pyrrole nitrogens is 1. The van der Waals surface area contributed by atoms with Crippen LogP contribution in [0.3, 0.4) is 0 Å². The van der Waals surface area contributed by atoms with Gasteiger partial charge in [0.1, 0.15) is 5.69 Å². The van der Waals surface area contributed by atoms with Crippen molar-refractivity contribution in [2.75, 3.05) is 18.0 Å². The molecule has 2 aromatic rings. The molecular weight excluding hydrogens is 392 g/mol. The topological polar surface area (TPSA) is 88.3 Å². The molecule has 1 saturated carbocycles. The summed E-state index contributed by atoms with van der Waals surface area (Å²) in [6.07, 6.45) is 0. The number of hydrogen-bond acceptors (Lipinski definition) is 5. The summed E-state index contributed by atoms with van der Waals surface area (Å²) in [5, 5.41) is 15.4. The Hall–Kier alpha value is -1.10. The molecule has 2 fully saturated rings. The molecule has 1 amide bonds.